The van der Waals surface area contributed by atoms with Crippen LogP contribution in [0.15, 0.2) is 60.0 Å². The van der Waals surface area contributed by atoms with Gasteiger partial charge in [0.05, 0.1) is 0 Å². The monoisotopic (exact) mass is 299 g/mol. The molecule has 3 N–H and O–H groups in total. The third-order valence-corrected chi connectivity index (χ3v) is 3.48. The fraction of sp³-hybridized carbons (Fsp3) is 0.188. The molecule has 0 saturated carbocycles. The molecule has 1 aliphatic heterocycles. The van der Waals surface area contributed by atoms with Gasteiger partial charge in [-0.25, -0.2) is 0 Å². The van der Waals surface area contributed by atoms with Gasteiger partial charge in [0.2, 0.25) is 0 Å². The zero-order valence-electron chi connectivity index (χ0n) is 12.1. The number of hydrogen-bond donors (Lipinski definition) is 1. The van der Waals surface area contributed by atoms with Gasteiger partial charge in [0.15, 0.2) is 5.72 Å². The summed E-state index contributed by atoms with van der Waals surface area (Å²) >= 11 is 0. The molecule has 6 heteroatoms. The van der Waals surface area contributed by atoms with E-state index in [9.17, 15) is 9.90 Å². The molecule has 0 radical (unpaired) electrons. The van der Waals surface area contributed by atoms with E-state index in [0.717, 1.165) is 5.01 Å². The Morgan fingerprint density at radius 3 is 2.45 bits per heavy atom. The first-order valence-electron chi connectivity index (χ1n) is 6.68. The maximum atomic E-state index is 12.6. The molecule has 3 rings (SSSR count). The second kappa shape index (κ2) is 6.05. The number of nitrogens with zero attached hydrogens (tertiary/aromatic N) is 3. The van der Waals surface area contributed by atoms with Crippen molar-refractivity contribution in [1.29, 1.82) is 0 Å². The first kappa shape index (κ1) is 15.8. The Morgan fingerprint density at radius 1 is 1.18 bits per heavy atom. The highest BCUT2D eigenvalue weighted by atomic mass is 16.3. The number of hydrazone groups is 1. The Kier molecular flexibility index (Phi) is 4.35. The van der Waals surface area contributed by atoms with Gasteiger partial charge in [0.25, 0.3) is 5.91 Å². The van der Waals surface area contributed by atoms with Crippen molar-refractivity contribution in [2.24, 2.45) is 5.10 Å². The highest BCUT2D eigenvalue weighted by molar-refractivity contribution is 5.97. The van der Waals surface area contributed by atoms with Crippen molar-refractivity contribution < 1.29 is 15.4 Å². The smallest absolute Gasteiger partial charge is 0.277 e. The van der Waals surface area contributed by atoms with Gasteiger partial charge in [0.1, 0.15) is 0 Å². The predicted molar refractivity (Wildman–Crippen MR) is 82.1 cm³/mol. The van der Waals surface area contributed by atoms with E-state index in [2.05, 4.69) is 10.1 Å². The summed E-state index contributed by atoms with van der Waals surface area (Å²) in [5.41, 5.74) is 0.362. The van der Waals surface area contributed by atoms with Crippen molar-refractivity contribution in [3.63, 3.8) is 0 Å². The molecular formula is C16H17N3O3. The molecule has 2 aromatic rings. The highest BCUT2D eigenvalue weighted by Gasteiger charge is 2.44. The van der Waals surface area contributed by atoms with Crippen LogP contribution in [-0.4, -0.2) is 32.2 Å². The summed E-state index contributed by atoms with van der Waals surface area (Å²) in [6.45, 7) is 1.80. The molecule has 114 valence electrons. The third-order valence-electron chi connectivity index (χ3n) is 3.48. The van der Waals surface area contributed by atoms with Crippen LogP contribution in [0.25, 0.3) is 0 Å². The van der Waals surface area contributed by atoms with Crippen LogP contribution < -0.4 is 0 Å². The van der Waals surface area contributed by atoms with Crippen molar-refractivity contribution in [3.8, 4) is 0 Å². The molecule has 1 aliphatic rings. The largest absolute Gasteiger partial charge is 0.412 e. The Hall–Kier alpha value is -2.57. The molecule has 2 heterocycles. The summed E-state index contributed by atoms with van der Waals surface area (Å²) in [6, 6.07) is 12.3. The zero-order chi connectivity index (χ0) is 14.9. The zero-order valence-corrected chi connectivity index (χ0v) is 12.1. The summed E-state index contributed by atoms with van der Waals surface area (Å²) in [5.74, 6) is -0.347. The van der Waals surface area contributed by atoms with E-state index >= 15 is 0 Å². The molecule has 0 saturated heterocycles. The number of aliphatic hydroxyl groups is 1. The topological polar surface area (TPSA) is 97.3 Å². The van der Waals surface area contributed by atoms with E-state index in [4.69, 9.17) is 0 Å². The Balaban J connectivity index is 0.00000176. The van der Waals surface area contributed by atoms with Crippen LogP contribution in [0.1, 0.15) is 29.3 Å². The van der Waals surface area contributed by atoms with Crippen LogP contribution in [0.4, 0.5) is 0 Å². The normalized spacial score (nSPS) is 20.3. The van der Waals surface area contributed by atoms with Crippen molar-refractivity contribution in [2.45, 2.75) is 19.1 Å². The summed E-state index contributed by atoms with van der Waals surface area (Å²) in [5, 5.41) is 16.4. The van der Waals surface area contributed by atoms with Crippen LogP contribution in [0.2, 0.25) is 0 Å². The second-order valence-electron chi connectivity index (χ2n) is 5.05. The minimum absolute atomic E-state index is 0. The number of carbonyl (C=O) groups excluding carboxylic acids is 1. The Labute approximate surface area is 128 Å². The fourth-order valence-electron chi connectivity index (χ4n) is 2.48. The average molecular weight is 299 g/mol. The molecule has 1 aromatic carbocycles. The van der Waals surface area contributed by atoms with Gasteiger partial charge in [-0.2, -0.15) is 10.1 Å². The molecule has 0 unspecified atom stereocenters. The number of pyridine rings is 1. The van der Waals surface area contributed by atoms with Gasteiger partial charge in [-0.05, 0) is 19.1 Å². The van der Waals surface area contributed by atoms with Gasteiger partial charge < -0.3 is 10.6 Å². The molecule has 1 atom stereocenters. The van der Waals surface area contributed by atoms with E-state index < -0.39 is 5.72 Å². The molecule has 0 fully saturated rings. The van der Waals surface area contributed by atoms with Gasteiger partial charge in [-0.15, -0.1) is 0 Å². The molecule has 0 spiro atoms. The number of aromatic nitrogens is 1. The Morgan fingerprint density at radius 2 is 1.82 bits per heavy atom. The van der Waals surface area contributed by atoms with Crippen LogP contribution in [-0.2, 0) is 5.72 Å². The standard InChI is InChI=1S/C16H15N3O2.H2O/c1-12-11-16(21,14-5-3-2-4-6-14)19(18-12)15(20)13-7-9-17-10-8-13;/h2-10,21H,11H2,1H3;1H2/t16-;/m0./s1. The number of amides is 1. The average Bonchev–Trinajstić information content (AvgIpc) is 2.84. The lowest BCUT2D eigenvalue weighted by molar-refractivity contribution is -0.0765. The second-order valence-corrected chi connectivity index (χ2v) is 5.05. The summed E-state index contributed by atoms with van der Waals surface area (Å²) in [7, 11) is 0. The molecule has 1 aromatic heterocycles. The number of hydrogen-bond acceptors (Lipinski definition) is 4. The van der Waals surface area contributed by atoms with Crippen molar-refractivity contribution >= 4 is 11.6 Å². The molecular weight excluding hydrogens is 282 g/mol. The van der Waals surface area contributed by atoms with E-state index in [-0.39, 0.29) is 11.4 Å². The number of benzene rings is 1. The van der Waals surface area contributed by atoms with Crippen LogP contribution in [0.5, 0.6) is 0 Å². The van der Waals surface area contributed by atoms with Gasteiger partial charge >= 0.3 is 0 Å². The molecule has 22 heavy (non-hydrogen) atoms. The third kappa shape index (κ3) is 2.61. The van der Waals surface area contributed by atoms with Gasteiger partial charge in [-0.3, -0.25) is 9.78 Å². The maximum Gasteiger partial charge on any atom is 0.277 e. The van der Waals surface area contributed by atoms with Crippen LogP contribution in [0.3, 0.4) is 0 Å². The molecule has 1 amide bonds. The van der Waals surface area contributed by atoms with Crippen LogP contribution in [0, 0.1) is 0 Å². The minimum atomic E-state index is -1.44. The minimum Gasteiger partial charge on any atom is -0.412 e. The van der Waals surface area contributed by atoms with E-state index in [1.807, 2.05) is 18.2 Å². The first-order chi connectivity index (χ1) is 10.1. The maximum absolute atomic E-state index is 12.6. The quantitative estimate of drug-likeness (QED) is 0.905. The summed E-state index contributed by atoms with van der Waals surface area (Å²) < 4.78 is 0. The lowest BCUT2D eigenvalue weighted by Crippen LogP contribution is -2.43. The fourth-order valence-corrected chi connectivity index (χ4v) is 2.48. The van der Waals surface area contributed by atoms with Crippen molar-refractivity contribution in [3.05, 3.63) is 66.0 Å². The summed E-state index contributed by atoms with van der Waals surface area (Å²) in [6.07, 6.45) is 3.39. The van der Waals surface area contributed by atoms with Gasteiger partial charge in [0, 0.05) is 35.7 Å². The predicted octanol–water partition coefficient (Wildman–Crippen LogP) is 1.32. The molecule has 6 nitrogen and oxygen atoms in total. The molecule has 0 aliphatic carbocycles. The lowest BCUT2D eigenvalue weighted by atomic mass is 9.97. The SMILES string of the molecule is CC1=NN(C(=O)c2ccncc2)[C@@](O)(c2ccccc2)C1.O. The lowest BCUT2D eigenvalue weighted by Gasteiger charge is -2.31. The van der Waals surface area contributed by atoms with Crippen LogP contribution >= 0.6 is 0 Å². The highest BCUT2D eigenvalue weighted by Crippen LogP contribution is 2.36. The summed E-state index contributed by atoms with van der Waals surface area (Å²) in [4.78, 5) is 16.5. The number of carbonyl (C=O) groups is 1. The van der Waals surface area contributed by atoms with E-state index in [1.165, 1.54) is 0 Å². The van der Waals surface area contributed by atoms with E-state index in [1.54, 1.807) is 43.6 Å². The first-order valence-corrected chi connectivity index (χ1v) is 6.68. The number of rotatable bonds is 2. The Bertz CT molecular complexity index is 688. The van der Waals surface area contributed by atoms with Crippen molar-refractivity contribution in [1.82, 2.24) is 9.99 Å². The van der Waals surface area contributed by atoms with E-state index in [0.29, 0.717) is 23.3 Å². The van der Waals surface area contributed by atoms with Crippen molar-refractivity contribution in [2.75, 3.05) is 0 Å². The van der Waals surface area contributed by atoms with Gasteiger partial charge in [-0.1, -0.05) is 30.3 Å². The molecule has 0 bridgehead atoms.